The van der Waals surface area contributed by atoms with Crippen LogP contribution in [0.1, 0.15) is 110 Å². The standard InChI is InChI=1S/C18H38O4S.CH4O/c1-2-3-4-5-6-7-8-9-10-11-12-13-14-15-16-17-18-22-23(19,20)21;1-2/h2-18H2,1H3,(H,19,20,21);2H,1H3. The molecule has 0 radical (unpaired) electrons. The van der Waals surface area contributed by atoms with Gasteiger partial charge < -0.3 is 5.11 Å². The zero-order valence-electron chi connectivity index (χ0n) is 16.5. The summed E-state index contributed by atoms with van der Waals surface area (Å²) >= 11 is 0. The highest BCUT2D eigenvalue weighted by Gasteiger charge is 2.02. The van der Waals surface area contributed by atoms with Crippen LogP contribution >= 0.6 is 0 Å². The summed E-state index contributed by atoms with van der Waals surface area (Å²) in [6, 6.07) is 0. The number of unbranched alkanes of at least 4 members (excludes halogenated alkanes) is 15. The molecule has 0 aromatic rings. The van der Waals surface area contributed by atoms with E-state index in [1.165, 1.54) is 83.5 Å². The van der Waals surface area contributed by atoms with Gasteiger partial charge in [-0.15, -0.1) is 0 Å². The van der Waals surface area contributed by atoms with E-state index in [9.17, 15) is 8.42 Å². The lowest BCUT2D eigenvalue weighted by Gasteiger charge is -2.03. The van der Waals surface area contributed by atoms with Crippen molar-refractivity contribution in [2.24, 2.45) is 0 Å². The second-order valence-corrected chi connectivity index (χ2v) is 7.64. The zero-order valence-corrected chi connectivity index (χ0v) is 17.4. The minimum absolute atomic E-state index is 0.0945. The molecule has 0 unspecified atom stereocenters. The van der Waals surface area contributed by atoms with Gasteiger partial charge in [0.25, 0.3) is 0 Å². The number of aliphatic hydroxyl groups excluding tert-OH is 1. The third kappa shape index (κ3) is 28.9. The molecule has 0 bridgehead atoms. The largest absolute Gasteiger partial charge is 0.400 e. The van der Waals surface area contributed by atoms with Gasteiger partial charge >= 0.3 is 10.4 Å². The second-order valence-electron chi connectivity index (χ2n) is 6.55. The van der Waals surface area contributed by atoms with E-state index in [1.807, 2.05) is 0 Å². The van der Waals surface area contributed by atoms with Gasteiger partial charge in [-0.3, -0.25) is 4.55 Å². The van der Waals surface area contributed by atoms with Crippen LogP contribution in [0.2, 0.25) is 0 Å². The Labute approximate surface area is 156 Å². The molecule has 0 spiro atoms. The van der Waals surface area contributed by atoms with Crippen LogP contribution in [0.4, 0.5) is 0 Å². The van der Waals surface area contributed by atoms with E-state index in [-0.39, 0.29) is 6.61 Å². The average molecular weight is 383 g/mol. The van der Waals surface area contributed by atoms with Crippen LogP contribution in [-0.4, -0.2) is 31.8 Å². The van der Waals surface area contributed by atoms with Gasteiger partial charge in [-0.2, -0.15) is 8.42 Å². The molecule has 0 aromatic carbocycles. The molecule has 0 heterocycles. The topological polar surface area (TPSA) is 83.8 Å². The smallest absolute Gasteiger partial charge is 0.397 e. The van der Waals surface area contributed by atoms with Crippen LogP contribution in [0.5, 0.6) is 0 Å². The van der Waals surface area contributed by atoms with Crippen molar-refractivity contribution in [3.05, 3.63) is 0 Å². The molecule has 154 valence electrons. The van der Waals surface area contributed by atoms with Crippen molar-refractivity contribution in [1.82, 2.24) is 0 Å². The molecule has 0 aliphatic rings. The van der Waals surface area contributed by atoms with Crippen molar-refractivity contribution in [2.45, 2.75) is 110 Å². The first-order valence-electron chi connectivity index (χ1n) is 10.1. The van der Waals surface area contributed by atoms with Crippen LogP contribution in [0.15, 0.2) is 0 Å². The fraction of sp³-hybridized carbons (Fsp3) is 1.00. The van der Waals surface area contributed by atoms with Crippen molar-refractivity contribution >= 4 is 10.4 Å². The Morgan fingerprint density at radius 2 is 0.880 bits per heavy atom. The molecule has 0 saturated carbocycles. The maximum absolute atomic E-state index is 10.3. The molecule has 5 nitrogen and oxygen atoms in total. The first kappa shape index (κ1) is 27.1. The van der Waals surface area contributed by atoms with Crippen LogP contribution in [-0.2, 0) is 14.6 Å². The summed E-state index contributed by atoms with van der Waals surface area (Å²) < 4.78 is 33.3. The summed E-state index contributed by atoms with van der Waals surface area (Å²) in [5.74, 6) is 0. The molecule has 2 N–H and O–H groups in total. The zero-order chi connectivity index (χ0) is 19.2. The minimum atomic E-state index is -4.24. The maximum Gasteiger partial charge on any atom is 0.397 e. The molecule has 6 heteroatoms. The molecule has 0 fully saturated rings. The molecule has 0 aliphatic heterocycles. The van der Waals surface area contributed by atoms with Gasteiger partial charge in [0.05, 0.1) is 6.61 Å². The summed E-state index contributed by atoms with van der Waals surface area (Å²) in [5, 5.41) is 7.00. The lowest BCUT2D eigenvalue weighted by Crippen LogP contribution is -2.04. The van der Waals surface area contributed by atoms with Gasteiger partial charge in [0.2, 0.25) is 0 Å². The van der Waals surface area contributed by atoms with Crippen molar-refractivity contribution in [3.63, 3.8) is 0 Å². The van der Waals surface area contributed by atoms with E-state index < -0.39 is 10.4 Å². The predicted molar refractivity (Wildman–Crippen MR) is 105 cm³/mol. The van der Waals surface area contributed by atoms with Gasteiger partial charge in [0, 0.05) is 7.11 Å². The summed E-state index contributed by atoms with van der Waals surface area (Å²) in [7, 11) is -3.24. The second kappa shape index (κ2) is 21.9. The Morgan fingerprint density at radius 3 is 1.16 bits per heavy atom. The molecule has 0 aromatic heterocycles. The van der Waals surface area contributed by atoms with E-state index in [0.29, 0.717) is 6.42 Å². The Hall–Kier alpha value is -0.170. The SMILES string of the molecule is CCCCCCCCCCCCCCCCCCOS(=O)(=O)O.CO. The number of hydrogen-bond donors (Lipinski definition) is 2. The van der Waals surface area contributed by atoms with E-state index in [1.54, 1.807) is 0 Å². The summed E-state index contributed by atoms with van der Waals surface area (Å²) in [4.78, 5) is 0. The van der Waals surface area contributed by atoms with Crippen molar-refractivity contribution in [1.29, 1.82) is 0 Å². The molecular formula is C19H42O5S. The Morgan fingerprint density at radius 1 is 0.600 bits per heavy atom. The van der Waals surface area contributed by atoms with E-state index >= 15 is 0 Å². The normalized spacial score (nSPS) is 11.2. The van der Waals surface area contributed by atoms with Gasteiger partial charge in [0.15, 0.2) is 0 Å². The highest BCUT2D eigenvalue weighted by molar-refractivity contribution is 7.80. The number of hydrogen-bond acceptors (Lipinski definition) is 4. The quantitative estimate of drug-likeness (QED) is 0.235. The van der Waals surface area contributed by atoms with Gasteiger partial charge in [-0.1, -0.05) is 103 Å². The average Bonchev–Trinajstić information content (AvgIpc) is 2.58. The summed E-state index contributed by atoms with van der Waals surface area (Å²) in [6.07, 6.45) is 20.5. The number of aliphatic hydroxyl groups is 1. The van der Waals surface area contributed by atoms with Crippen LogP contribution in [0.3, 0.4) is 0 Å². The Balaban J connectivity index is 0. The molecule has 0 amide bonds. The Bertz CT molecular complexity index is 331. The summed E-state index contributed by atoms with van der Waals surface area (Å²) in [5.41, 5.74) is 0. The molecule has 25 heavy (non-hydrogen) atoms. The first-order chi connectivity index (χ1) is 12.1. The minimum Gasteiger partial charge on any atom is -0.400 e. The number of rotatable bonds is 18. The fourth-order valence-corrected chi connectivity index (χ4v) is 3.14. The lowest BCUT2D eigenvalue weighted by atomic mass is 10.0. The molecule has 0 rings (SSSR count). The van der Waals surface area contributed by atoms with E-state index in [0.717, 1.165) is 20.0 Å². The molecule has 0 atom stereocenters. The molecular weight excluding hydrogens is 340 g/mol. The van der Waals surface area contributed by atoms with E-state index in [2.05, 4.69) is 11.1 Å². The molecule has 0 aliphatic carbocycles. The maximum atomic E-state index is 10.3. The van der Waals surface area contributed by atoms with Crippen LogP contribution in [0, 0.1) is 0 Å². The third-order valence-electron chi connectivity index (χ3n) is 4.23. The lowest BCUT2D eigenvalue weighted by molar-refractivity contribution is 0.261. The van der Waals surface area contributed by atoms with Crippen LogP contribution < -0.4 is 0 Å². The Kier molecular flexibility index (Phi) is 23.7. The van der Waals surface area contributed by atoms with Crippen molar-refractivity contribution < 1.29 is 22.3 Å². The van der Waals surface area contributed by atoms with Crippen molar-refractivity contribution in [2.75, 3.05) is 13.7 Å². The van der Waals surface area contributed by atoms with Crippen LogP contribution in [0.25, 0.3) is 0 Å². The van der Waals surface area contributed by atoms with Gasteiger partial charge in [-0.25, -0.2) is 4.18 Å². The van der Waals surface area contributed by atoms with Gasteiger partial charge in [-0.05, 0) is 6.42 Å². The fourth-order valence-electron chi connectivity index (χ4n) is 2.81. The van der Waals surface area contributed by atoms with E-state index in [4.69, 9.17) is 9.66 Å². The van der Waals surface area contributed by atoms with Crippen molar-refractivity contribution in [3.8, 4) is 0 Å². The monoisotopic (exact) mass is 382 g/mol. The highest BCUT2D eigenvalue weighted by atomic mass is 32.3. The predicted octanol–water partition coefficient (Wildman–Crippen LogP) is 5.68. The molecule has 0 saturated heterocycles. The third-order valence-corrected chi connectivity index (χ3v) is 4.69. The van der Waals surface area contributed by atoms with Gasteiger partial charge in [0.1, 0.15) is 0 Å². The first-order valence-corrected chi connectivity index (χ1v) is 11.5. The highest BCUT2D eigenvalue weighted by Crippen LogP contribution is 2.13. The summed E-state index contributed by atoms with van der Waals surface area (Å²) in [6.45, 7) is 2.36.